The van der Waals surface area contributed by atoms with E-state index in [4.69, 9.17) is 0 Å². The highest BCUT2D eigenvalue weighted by molar-refractivity contribution is 7.14. The maximum Gasteiger partial charge on any atom is 0.253 e. The molecule has 0 radical (unpaired) electrons. The Hall–Kier alpha value is -2.46. The number of pyridine rings is 1. The first-order valence-electron chi connectivity index (χ1n) is 12.2. The van der Waals surface area contributed by atoms with Crippen LogP contribution in [-0.2, 0) is 6.42 Å². The molecular formula is C28H32N2OS. The third-order valence-electron chi connectivity index (χ3n) is 7.03. The first kappa shape index (κ1) is 21.4. The number of carbonyl (C=O) groups excluding carboxylic acids is 1. The van der Waals surface area contributed by atoms with Gasteiger partial charge in [0.25, 0.3) is 5.91 Å². The van der Waals surface area contributed by atoms with Gasteiger partial charge in [0.05, 0.1) is 0 Å². The number of nitrogens with zero attached hydrogens (tertiary/aromatic N) is 2. The summed E-state index contributed by atoms with van der Waals surface area (Å²) < 4.78 is 0. The van der Waals surface area contributed by atoms with E-state index in [0.717, 1.165) is 43.8 Å². The van der Waals surface area contributed by atoms with Crippen molar-refractivity contribution in [3.63, 3.8) is 0 Å². The van der Waals surface area contributed by atoms with Crippen LogP contribution in [0.3, 0.4) is 0 Å². The lowest BCUT2D eigenvalue weighted by Crippen LogP contribution is -2.35. The Morgan fingerprint density at radius 3 is 2.41 bits per heavy atom. The molecule has 32 heavy (non-hydrogen) atoms. The van der Waals surface area contributed by atoms with Gasteiger partial charge in [0.1, 0.15) is 0 Å². The fourth-order valence-electron chi connectivity index (χ4n) is 5.15. The number of amides is 1. The highest BCUT2D eigenvalue weighted by atomic mass is 32.1. The molecule has 0 N–H and O–H groups in total. The van der Waals surface area contributed by atoms with E-state index >= 15 is 0 Å². The second-order valence-electron chi connectivity index (χ2n) is 9.37. The molecule has 2 fully saturated rings. The number of likely N-dealkylation sites (tertiary alicyclic amines) is 1. The van der Waals surface area contributed by atoms with Crippen LogP contribution in [-0.4, -0.2) is 28.9 Å². The average molecular weight is 445 g/mol. The summed E-state index contributed by atoms with van der Waals surface area (Å²) in [6.07, 6.45) is 13.4. The molecule has 1 amide bonds. The first-order valence-corrected chi connectivity index (χ1v) is 13.1. The maximum absolute atomic E-state index is 12.7. The lowest BCUT2D eigenvalue weighted by molar-refractivity contribution is 0.0724. The summed E-state index contributed by atoms with van der Waals surface area (Å²) in [5.41, 5.74) is 5.67. The Kier molecular flexibility index (Phi) is 6.68. The van der Waals surface area contributed by atoms with Gasteiger partial charge < -0.3 is 4.90 Å². The lowest BCUT2D eigenvalue weighted by atomic mass is 9.86. The predicted molar refractivity (Wildman–Crippen MR) is 133 cm³/mol. The summed E-state index contributed by atoms with van der Waals surface area (Å²) in [5.74, 6) is 0.973. The van der Waals surface area contributed by atoms with Gasteiger partial charge in [-0.2, -0.15) is 0 Å². The molecular weight excluding hydrogens is 412 g/mol. The number of benzene rings is 1. The Labute approximate surface area is 195 Å². The normalized spacial score (nSPS) is 17.4. The van der Waals surface area contributed by atoms with Crippen molar-refractivity contribution in [2.45, 2.75) is 57.8 Å². The van der Waals surface area contributed by atoms with E-state index in [9.17, 15) is 4.79 Å². The van der Waals surface area contributed by atoms with Crippen molar-refractivity contribution in [2.75, 3.05) is 13.1 Å². The van der Waals surface area contributed by atoms with E-state index in [1.54, 1.807) is 11.3 Å². The van der Waals surface area contributed by atoms with Crippen LogP contribution in [0.5, 0.6) is 0 Å². The molecule has 2 aliphatic rings. The zero-order chi connectivity index (χ0) is 21.8. The highest BCUT2D eigenvalue weighted by Crippen LogP contribution is 2.34. The number of carbonyl (C=O) groups is 1. The van der Waals surface area contributed by atoms with Crippen LogP contribution in [0.15, 0.2) is 54.0 Å². The number of piperidine rings is 1. The molecule has 1 aliphatic heterocycles. The van der Waals surface area contributed by atoms with Gasteiger partial charge in [-0.3, -0.25) is 9.78 Å². The van der Waals surface area contributed by atoms with Crippen molar-refractivity contribution in [1.29, 1.82) is 0 Å². The summed E-state index contributed by atoms with van der Waals surface area (Å²) in [5, 5.41) is 2.22. The molecule has 4 heteroatoms. The van der Waals surface area contributed by atoms with Crippen LogP contribution in [0.4, 0.5) is 0 Å². The molecule has 166 valence electrons. The molecule has 5 rings (SSSR count). The van der Waals surface area contributed by atoms with Gasteiger partial charge in [-0.15, -0.1) is 11.3 Å². The summed E-state index contributed by atoms with van der Waals surface area (Å²) in [7, 11) is 0. The lowest BCUT2D eigenvalue weighted by Gasteiger charge is -2.26. The van der Waals surface area contributed by atoms with Crippen molar-refractivity contribution >= 4 is 17.2 Å². The Morgan fingerprint density at radius 2 is 1.62 bits per heavy atom. The molecule has 1 aromatic carbocycles. The van der Waals surface area contributed by atoms with Crippen LogP contribution in [0.1, 0.15) is 67.4 Å². The van der Waals surface area contributed by atoms with Gasteiger partial charge in [-0.05, 0) is 84.0 Å². The van der Waals surface area contributed by atoms with Crippen molar-refractivity contribution in [1.82, 2.24) is 9.88 Å². The van der Waals surface area contributed by atoms with E-state index in [1.807, 2.05) is 23.2 Å². The Morgan fingerprint density at radius 1 is 0.875 bits per heavy atom. The monoisotopic (exact) mass is 444 g/mol. The minimum absolute atomic E-state index is 0.171. The molecule has 0 unspecified atom stereocenters. The zero-order valence-corrected chi connectivity index (χ0v) is 19.6. The van der Waals surface area contributed by atoms with E-state index < -0.39 is 0 Å². The fourth-order valence-corrected chi connectivity index (χ4v) is 6.07. The third kappa shape index (κ3) is 4.96. The summed E-state index contributed by atoms with van der Waals surface area (Å²) >= 11 is 1.78. The molecule has 3 nitrogen and oxygen atoms in total. The largest absolute Gasteiger partial charge is 0.339 e. The minimum atomic E-state index is 0.171. The van der Waals surface area contributed by atoms with Crippen molar-refractivity contribution < 1.29 is 4.79 Å². The highest BCUT2D eigenvalue weighted by Gasteiger charge is 2.18. The van der Waals surface area contributed by atoms with Crippen molar-refractivity contribution in [2.24, 2.45) is 5.92 Å². The average Bonchev–Trinajstić information content (AvgIpc) is 3.36. The number of aromatic nitrogens is 1. The second kappa shape index (κ2) is 9.99. The van der Waals surface area contributed by atoms with Crippen molar-refractivity contribution in [3.05, 3.63) is 65.3 Å². The minimum Gasteiger partial charge on any atom is -0.339 e. The van der Waals surface area contributed by atoms with Crippen LogP contribution < -0.4 is 0 Å². The maximum atomic E-state index is 12.7. The molecule has 1 saturated heterocycles. The predicted octanol–water partition coefficient (Wildman–Crippen LogP) is 7.23. The quantitative estimate of drug-likeness (QED) is 0.416. The second-order valence-corrected chi connectivity index (χ2v) is 10.3. The SMILES string of the molecule is O=C(c1ccc(-c2csc(-c3ccnc(CC4CCCCC4)c3)c2)cc1)N1CCCCC1. The number of hydrogen-bond acceptors (Lipinski definition) is 3. The number of hydrogen-bond donors (Lipinski definition) is 0. The Balaban J connectivity index is 1.28. The van der Waals surface area contributed by atoms with E-state index in [1.165, 1.54) is 65.8 Å². The molecule has 3 heterocycles. The zero-order valence-electron chi connectivity index (χ0n) is 18.8. The van der Waals surface area contributed by atoms with E-state index in [-0.39, 0.29) is 5.91 Å². The molecule has 1 saturated carbocycles. The number of rotatable bonds is 5. The Bertz CT molecular complexity index is 1040. The van der Waals surface area contributed by atoms with E-state index in [2.05, 4.69) is 40.7 Å². The van der Waals surface area contributed by atoms with Gasteiger partial charge in [0, 0.05) is 35.4 Å². The van der Waals surface area contributed by atoms with Crippen LogP contribution >= 0.6 is 11.3 Å². The third-order valence-corrected chi connectivity index (χ3v) is 8.01. The summed E-state index contributed by atoms with van der Waals surface area (Å²) in [6, 6.07) is 14.8. The molecule has 0 bridgehead atoms. The van der Waals surface area contributed by atoms with Gasteiger partial charge >= 0.3 is 0 Å². The summed E-state index contributed by atoms with van der Waals surface area (Å²) in [4.78, 5) is 20.7. The van der Waals surface area contributed by atoms with Crippen LogP contribution in [0.2, 0.25) is 0 Å². The standard InChI is InChI=1S/C28H32N2OS/c31-28(30-15-5-2-6-16-30)23-11-9-22(10-12-23)25-19-27(32-20-25)24-13-14-29-26(18-24)17-21-7-3-1-4-8-21/h9-14,18-21H,1-8,15-17H2. The first-order chi connectivity index (χ1) is 15.8. The van der Waals surface area contributed by atoms with Gasteiger partial charge in [-0.25, -0.2) is 0 Å². The molecule has 0 atom stereocenters. The van der Waals surface area contributed by atoms with Gasteiger partial charge in [-0.1, -0.05) is 44.2 Å². The van der Waals surface area contributed by atoms with Crippen molar-refractivity contribution in [3.8, 4) is 21.6 Å². The van der Waals surface area contributed by atoms with Gasteiger partial charge in [0.2, 0.25) is 0 Å². The van der Waals surface area contributed by atoms with Crippen LogP contribution in [0.25, 0.3) is 21.6 Å². The smallest absolute Gasteiger partial charge is 0.253 e. The molecule has 3 aromatic rings. The summed E-state index contributed by atoms with van der Waals surface area (Å²) in [6.45, 7) is 1.78. The molecule has 0 spiro atoms. The topological polar surface area (TPSA) is 33.2 Å². The fraction of sp³-hybridized carbons (Fsp3) is 0.429. The van der Waals surface area contributed by atoms with E-state index in [0.29, 0.717) is 0 Å². The number of thiophene rings is 1. The molecule has 1 aliphatic carbocycles. The van der Waals surface area contributed by atoms with Gasteiger partial charge in [0.15, 0.2) is 0 Å². The molecule has 2 aromatic heterocycles. The van der Waals surface area contributed by atoms with Crippen LogP contribution in [0, 0.1) is 5.92 Å².